The Labute approximate surface area is 156 Å². The van der Waals surface area contributed by atoms with Crippen molar-refractivity contribution in [3.63, 3.8) is 0 Å². The molecule has 25 heavy (non-hydrogen) atoms. The van der Waals surface area contributed by atoms with Gasteiger partial charge in [0.15, 0.2) is 0 Å². The lowest BCUT2D eigenvalue weighted by atomic mass is 10.1. The summed E-state index contributed by atoms with van der Waals surface area (Å²) in [5.41, 5.74) is 2.89. The van der Waals surface area contributed by atoms with Gasteiger partial charge < -0.3 is 9.64 Å². The summed E-state index contributed by atoms with van der Waals surface area (Å²) in [4.78, 5) is 31.9. The highest BCUT2D eigenvalue weighted by molar-refractivity contribution is 6.42. The van der Waals surface area contributed by atoms with E-state index in [1.54, 1.807) is 17.0 Å². The van der Waals surface area contributed by atoms with Crippen molar-refractivity contribution in [3.8, 4) is 0 Å². The third-order valence-electron chi connectivity index (χ3n) is 4.50. The fourth-order valence-corrected chi connectivity index (χ4v) is 3.39. The van der Waals surface area contributed by atoms with E-state index in [-0.39, 0.29) is 11.8 Å². The number of ether oxygens (including phenoxy) is 1. The Kier molecular flexibility index (Phi) is 6.17. The van der Waals surface area contributed by atoms with Crippen LogP contribution in [0.1, 0.15) is 29.6 Å². The Bertz CT molecular complexity index is 650. The van der Waals surface area contributed by atoms with Crippen LogP contribution in [0.5, 0.6) is 0 Å². The van der Waals surface area contributed by atoms with Crippen molar-refractivity contribution in [2.45, 2.75) is 25.3 Å². The van der Waals surface area contributed by atoms with Crippen LogP contribution in [-0.4, -0.2) is 49.1 Å². The first-order valence-electron chi connectivity index (χ1n) is 8.31. The average Bonchev–Trinajstić information content (AvgIpc) is 3.28. The molecule has 0 bridgehead atoms. The predicted molar refractivity (Wildman–Crippen MR) is 93.5 cm³/mol. The van der Waals surface area contributed by atoms with Crippen LogP contribution in [0, 0.1) is 5.92 Å². The third kappa shape index (κ3) is 4.44. The van der Waals surface area contributed by atoms with Gasteiger partial charge in [-0.2, -0.15) is 0 Å². The lowest BCUT2D eigenvalue weighted by Gasteiger charge is -2.24. The summed E-state index contributed by atoms with van der Waals surface area (Å²) in [7, 11) is 0. The summed E-state index contributed by atoms with van der Waals surface area (Å²) in [6.45, 7) is 2.32. The SMILES string of the molecule is O=C(NOCC1CCOC1)C1CCCN1C(=O)c1ccc(Cl)c(Cl)c1. The zero-order valence-electron chi connectivity index (χ0n) is 13.7. The van der Waals surface area contributed by atoms with E-state index in [1.165, 1.54) is 6.07 Å². The number of amides is 2. The normalized spacial score (nSPS) is 23.0. The highest BCUT2D eigenvalue weighted by atomic mass is 35.5. The van der Waals surface area contributed by atoms with Gasteiger partial charge in [-0.05, 0) is 37.5 Å². The lowest BCUT2D eigenvalue weighted by molar-refractivity contribution is -0.138. The van der Waals surface area contributed by atoms with Crippen LogP contribution in [0.25, 0.3) is 0 Å². The molecule has 6 nitrogen and oxygen atoms in total. The van der Waals surface area contributed by atoms with Crippen molar-refractivity contribution < 1.29 is 19.2 Å². The highest BCUT2D eigenvalue weighted by Crippen LogP contribution is 2.26. The van der Waals surface area contributed by atoms with Crippen LogP contribution in [-0.2, 0) is 14.4 Å². The van der Waals surface area contributed by atoms with Crippen molar-refractivity contribution in [2.75, 3.05) is 26.4 Å². The van der Waals surface area contributed by atoms with Crippen LogP contribution in [0.4, 0.5) is 0 Å². The molecule has 1 N–H and O–H groups in total. The van der Waals surface area contributed by atoms with Crippen molar-refractivity contribution >= 4 is 35.0 Å². The molecule has 2 aliphatic rings. The van der Waals surface area contributed by atoms with Gasteiger partial charge in [-0.15, -0.1) is 0 Å². The first-order valence-corrected chi connectivity index (χ1v) is 9.07. The molecule has 2 unspecified atom stereocenters. The average molecular weight is 387 g/mol. The van der Waals surface area contributed by atoms with Crippen LogP contribution < -0.4 is 5.48 Å². The first kappa shape index (κ1) is 18.5. The second kappa shape index (κ2) is 8.36. The predicted octanol–water partition coefficient (Wildman–Crippen LogP) is 2.68. The third-order valence-corrected chi connectivity index (χ3v) is 5.24. The fraction of sp³-hybridized carbons (Fsp3) is 0.529. The van der Waals surface area contributed by atoms with Gasteiger partial charge in [0.2, 0.25) is 0 Å². The van der Waals surface area contributed by atoms with Crippen molar-refractivity contribution in [3.05, 3.63) is 33.8 Å². The summed E-state index contributed by atoms with van der Waals surface area (Å²) in [5.74, 6) is -0.233. The lowest BCUT2D eigenvalue weighted by Crippen LogP contribution is -2.46. The Balaban J connectivity index is 1.57. The van der Waals surface area contributed by atoms with Crippen LogP contribution in [0.15, 0.2) is 18.2 Å². The van der Waals surface area contributed by atoms with Gasteiger partial charge >= 0.3 is 0 Å². The molecule has 0 aliphatic carbocycles. The van der Waals surface area contributed by atoms with Gasteiger partial charge in [-0.1, -0.05) is 23.2 Å². The number of benzene rings is 1. The highest BCUT2D eigenvalue weighted by Gasteiger charge is 2.35. The molecule has 2 heterocycles. The van der Waals surface area contributed by atoms with Gasteiger partial charge in [-0.25, -0.2) is 5.48 Å². The molecule has 8 heteroatoms. The van der Waals surface area contributed by atoms with E-state index in [4.69, 9.17) is 32.8 Å². The minimum absolute atomic E-state index is 0.236. The summed E-state index contributed by atoms with van der Waals surface area (Å²) >= 11 is 11.9. The molecule has 2 atom stereocenters. The molecule has 136 valence electrons. The number of hydrogen-bond acceptors (Lipinski definition) is 4. The Morgan fingerprint density at radius 3 is 2.84 bits per heavy atom. The van der Waals surface area contributed by atoms with Crippen molar-refractivity contribution in [1.82, 2.24) is 10.4 Å². The standard InChI is InChI=1S/C17H20Cl2N2O4/c18-13-4-3-12(8-14(13)19)17(23)21-6-1-2-15(21)16(22)20-25-10-11-5-7-24-9-11/h3-4,8,11,15H,1-2,5-7,9-10H2,(H,20,22). The van der Waals surface area contributed by atoms with Gasteiger partial charge in [-0.3, -0.25) is 14.4 Å². The first-order chi connectivity index (χ1) is 12.1. The quantitative estimate of drug-likeness (QED) is 0.789. The van der Waals surface area contributed by atoms with Crippen LogP contribution >= 0.6 is 23.2 Å². The molecular weight excluding hydrogens is 367 g/mol. The van der Waals surface area contributed by atoms with E-state index in [9.17, 15) is 9.59 Å². The Morgan fingerprint density at radius 2 is 2.12 bits per heavy atom. The summed E-state index contributed by atoms with van der Waals surface area (Å²) in [5, 5.41) is 0.702. The summed E-state index contributed by atoms with van der Waals surface area (Å²) < 4.78 is 5.26. The molecule has 3 rings (SSSR count). The largest absolute Gasteiger partial charge is 0.381 e. The summed E-state index contributed by atoms with van der Waals surface area (Å²) in [6.07, 6.45) is 2.30. The number of halogens is 2. The number of hydroxylamine groups is 1. The van der Waals surface area contributed by atoms with E-state index in [0.29, 0.717) is 47.7 Å². The minimum Gasteiger partial charge on any atom is -0.381 e. The minimum atomic E-state index is -0.540. The van der Waals surface area contributed by atoms with Gasteiger partial charge in [0.05, 0.1) is 23.3 Å². The molecule has 1 aromatic rings. The molecule has 2 saturated heterocycles. The maximum absolute atomic E-state index is 12.7. The fourth-order valence-electron chi connectivity index (χ4n) is 3.09. The molecule has 1 aromatic carbocycles. The maximum Gasteiger partial charge on any atom is 0.266 e. The van der Waals surface area contributed by atoms with Gasteiger partial charge in [0.1, 0.15) is 6.04 Å². The van der Waals surface area contributed by atoms with E-state index < -0.39 is 6.04 Å². The van der Waals surface area contributed by atoms with Crippen molar-refractivity contribution in [2.24, 2.45) is 5.92 Å². The molecular formula is C17H20Cl2N2O4. The number of likely N-dealkylation sites (tertiary alicyclic amines) is 1. The number of nitrogens with one attached hydrogen (secondary N) is 1. The number of carbonyl (C=O) groups excluding carboxylic acids is 2. The Morgan fingerprint density at radius 1 is 1.28 bits per heavy atom. The van der Waals surface area contributed by atoms with E-state index in [0.717, 1.165) is 19.4 Å². The van der Waals surface area contributed by atoms with Crippen molar-refractivity contribution in [1.29, 1.82) is 0 Å². The molecule has 2 amide bonds. The Hall–Kier alpha value is -1.34. The van der Waals surface area contributed by atoms with Gasteiger partial charge in [0, 0.05) is 24.6 Å². The molecule has 0 aromatic heterocycles. The summed E-state index contributed by atoms with van der Waals surface area (Å²) in [6, 6.07) is 4.17. The monoisotopic (exact) mass is 386 g/mol. The zero-order valence-corrected chi connectivity index (χ0v) is 15.2. The topological polar surface area (TPSA) is 67.9 Å². The molecule has 2 aliphatic heterocycles. The second-order valence-electron chi connectivity index (χ2n) is 6.29. The number of carbonyl (C=O) groups is 2. The number of hydrogen-bond donors (Lipinski definition) is 1. The molecule has 2 fully saturated rings. The second-order valence-corrected chi connectivity index (χ2v) is 7.11. The smallest absolute Gasteiger partial charge is 0.266 e. The molecule has 0 saturated carbocycles. The van der Waals surface area contributed by atoms with E-state index in [2.05, 4.69) is 5.48 Å². The maximum atomic E-state index is 12.7. The number of rotatable bonds is 5. The molecule has 0 spiro atoms. The molecule has 0 radical (unpaired) electrons. The van der Waals surface area contributed by atoms with Crippen LogP contribution in [0.3, 0.4) is 0 Å². The van der Waals surface area contributed by atoms with Crippen LogP contribution in [0.2, 0.25) is 10.0 Å². The van der Waals surface area contributed by atoms with E-state index in [1.807, 2.05) is 0 Å². The van der Waals surface area contributed by atoms with Gasteiger partial charge in [0.25, 0.3) is 11.8 Å². The zero-order chi connectivity index (χ0) is 17.8. The van der Waals surface area contributed by atoms with E-state index >= 15 is 0 Å². The number of nitrogens with zero attached hydrogens (tertiary/aromatic N) is 1.